The van der Waals surface area contributed by atoms with Gasteiger partial charge in [0.25, 0.3) is 5.91 Å². The molecule has 0 radical (unpaired) electrons. The Bertz CT molecular complexity index is 739. The predicted octanol–water partition coefficient (Wildman–Crippen LogP) is 2.72. The van der Waals surface area contributed by atoms with Crippen molar-refractivity contribution < 1.29 is 9.53 Å². The highest BCUT2D eigenvalue weighted by molar-refractivity contribution is 5.94. The second-order valence-electron chi connectivity index (χ2n) is 6.83. The van der Waals surface area contributed by atoms with Crippen molar-refractivity contribution in [3.8, 4) is 0 Å². The first-order valence-corrected chi connectivity index (χ1v) is 9.05. The number of rotatable bonds is 3. The molecule has 0 aromatic heterocycles. The van der Waals surface area contributed by atoms with E-state index < -0.39 is 0 Å². The number of fused-ring (bicyclic) bond motifs is 1. The van der Waals surface area contributed by atoms with Crippen LogP contribution in [0, 0.1) is 0 Å². The number of carbonyl (C=O) groups is 1. The van der Waals surface area contributed by atoms with Crippen LogP contribution in [0.1, 0.15) is 27.0 Å². The molecule has 4 rings (SSSR count). The van der Waals surface area contributed by atoms with Crippen LogP contribution in [-0.2, 0) is 24.2 Å². The fraction of sp³-hybridized carbons (Fsp3) is 0.381. The highest BCUT2D eigenvalue weighted by Gasteiger charge is 2.21. The average molecular weight is 336 g/mol. The predicted molar refractivity (Wildman–Crippen MR) is 97.4 cm³/mol. The topological polar surface area (TPSA) is 32.8 Å². The SMILES string of the molecule is O=C(c1ccc2c(c1)CCN(Cc1ccccc1)C2)N1CCOCC1. The average Bonchev–Trinajstić information content (AvgIpc) is 2.68. The van der Waals surface area contributed by atoms with E-state index in [9.17, 15) is 4.79 Å². The Morgan fingerprint density at radius 3 is 2.56 bits per heavy atom. The van der Waals surface area contributed by atoms with Crippen LogP contribution in [0.4, 0.5) is 0 Å². The first-order valence-electron chi connectivity index (χ1n) is 9.05. The summed E-state index contributed by atoms with van der Waals surface area (Å²) in [7, 11) is 0. The molecule has 130 valence electrons. The molecular formula is C21H24N2O2. The van der Waals surface area contributed by atoms with Crippen LogP contribution >= 0.6 is 0 Å². The molecule has 0 saturated carbocycles. The summed E-state index contributed by atoms with van der Waals surface area (Å²) in [5, 5.41) is 0. The molecule has 0 N–H and O–H groups in total. The molecule has 2 aliphatic heterocycles. The summed E-state index contributed by atoms with van der Waals surface area (Å²) in [5.74, 6) is 0.137. The van der Waals surface area contributed by atoms with Crippen molar-refractivity contribution in [2.45, 2.75) is 19.5 Å². The monoisotopic (exact) mass is 336 g/mol. The van der Waals surface area contributed by atoms with Crippen LogP contribution in [0.2, 0.25) is 0 Å². The zero-order valence-corrected chi connectivity index (χ0v) is 14.5. The summed E-state index contributed by atoms with van der Waals surface area (Å²) in [5.41, 5.74) is 4.84. The molecule has 2 aromatic rings. The van der Waals surface area contributed by atoms with Crippen molar-refractivity contribution in [2.24, 2.45) is 0 Å². The molecule has 0 bridgehead atoms. The van der Waals surface area contributed by atoms with Gasteiger partial charge < -0.3 is 9.64 Å². The molecule has 0 atom stereocenters. The zero-order chi connectivity index (χ0) is 17.1. The summed E-state index contributed by atoms with van der Waals surface area (Å²) in [4.78, 5) is 17.0. The lowest BCUT2D eigenvalue weighted by atomic mass is 9.96. The van der Waals surface area contributed by atoms with Crippen LogP contribution in [0.3, 0.4) is 0 Å². The molecule has 0 spiro atoms. The minimum atomic E-state index is 0.137. The van der Waals surface area contributed by atoms with Crippen LogP contribution in [0.25, 0.3) is 0 Å². The van der Waals surface area contributed by atoms with Gasteiger partial charge in [0.05, 0.1) is 13.2 Å². The summed E-state index contributed by atoms with van der Waals surface area (Å²) in [6.07, 6.45) is 1.01. The maximum atomic E-state index is 12.7. The van der Waals surface area contributed by atoms with Gasteiger partial charge in [0.15, 0.2) is 0 Å². The molecule has 0 unspecified atom stereocenters. The Morgan fingerprint density at radius 1 is 0.960 bits per heavy atom. The molecule has 1 amide bonds. The van der Waals surface area contributed by atoms with E-state index in [-0.39, 0.29) is 5.91 Å². The van der Waals surface area contributed by atoms with Gasteiger partial charge in [-0.25, -0.2) is 0 Å². The van der Waals surface area contributed by atoms with E-state index in [1.807, 2.05) is 11.0 Å². The van der Waals surface area contributed by atoms with E-state index >= 15 is 0 Å². The minimum Gasteiger partial charge on any atom is -0.378 e. The quantitative estimate of drug-likeness (QED) is 0.864. The second-order valence-corrected chi connectivity index (χ2v) is 6.83. The molecule has 2 aliphatic rings. The van der Waals surface area contributed by atoms with Crippen molar-refractivity contribution in [3.63, 3.8) is 0 Å². The van der Waals surface area contributed by atoms with E-state index in [0.29, 0.717) is 26.3 Å². The van der Waals surface area contributed by atoms with Gasteiger partial charge >= 0.3 is 0 Å². The third kappa shape index (κ3) is 3.75. The number of ether oxygens (including phenoxy) is 1. The zero-order valence-electron chi connectivity index (χ0n) is 14.5. The lowest BCUT2D eigenvalue weighted by molar-refractivity contribution is 0.0303. The van der Waals surface area contributed by atoms with Gasteiger partial charge in [0.2, 0.25) is 0 Å². The number of nitrogens with zero attached hydrogens (tertiary/aromatic N) is 2. The molecular weight excluding hydrogens is 312 g/mol. The third-order valence-electron chi connectivity index (χ3n) is 5.09. The first-order chi connectivity index (χ1) is 12.3. The van der Waals surface area contributed by atoms with Gasteiger partial charge in [-0.2, -0.15) is 0 Å². The number of carbonyl (C=O) groups excluding carboxylic acids is 1. The Kier molecular flexibility index (Phi) is 4.81. The fourth-order valence-electron chi connectivity index (χ4n) is 3.67. The summed E-state index contributed by atoms with van der Waals surface area (Å²) < 4.78 is 5.34. The van der Waals surface area contributed by atoms with Gasteiger partial charge in [-0.3, -0.25) is 9.69 Å². The van der Waals surface area contributed by atoms with E-state index in [2.05, 4.69) is 47.4 Å². The van der Waals surface area contributed by atoms with Crippen LogP contribution in [0.15, 0.2) is 48.5 Å². The van der Waals surface area contributed by atoms with Crippen LogP contribution < -0.4 is 0 Å². The molecule has 0 aliphatic carbocycles. The number of hydrogen-bond donors (Lipinski definition) is 0. The fourth-order valence-corrected chi connectivity index (χ4v) is 3.67. The van der Waals surface area contributed by atoms with Gasteiger partial charge in [0, 0.05) is 38.3 Å². The lowest BCUT2D eigenvalue weighted by Crippen LogP contribution is -2.40. The van der Waals surface area contributed by atoms with Crippen molar-refractivity contribution >= 4 is 5.91 Å². The van der Waals surface area contributed by atoms with E-state index in [1.54, 1.807) is 0 Å². The Morgan fingerprint density at radius 2 is 1.76 bits per heavy atom. The number of amides is 1. The molecule has 1 fully saturated rings. The lowest BCUT2D eigenvalue weighted by Gasteiger charge is -2.30. The standard InChI is InChI=1S/C21H24N2O2/c24-21(23-10-12-25-13-11-23)19-6-7-20-16-22(9-8-18(20)14-19)15-17-4-2-1-3-5-17/h1-7,14H,8-13,15-16H2. The molecule has 1 saturated heterocycles. The minimum absolute atomic E-state index is 0.137. The molecule has 25 heavy (non-hydrogen) atoms. The Balaban J connectivity index is 1.44. The normalized spacial score (nSPS) is 18.0. The molecule has 4 heteroatoms. The third-order valence-corrected chi connectivity index (χ3v) is 5.09. The van der Waals surface area contributed by atoms with Gasteiger partial charge in [-0.15, -0.1) is 0 Å². The van der Waals surface area contributed by atoms with Crippen molar-refractivity contribution in [1.82, 2.24) is 9.80 Å². The summed E-state index contributed by atoms with van der Waals surface area (Å²) in [6, 6.07) is 16.8. The molecule has 4 nitrogen and oxygen atoms in total. The Labute approximate surface area is 149 Å². The summed E-state index contributed by atoms with van der Waals surface area (Å²) in [6.45, 7) is 5.65. The molecule has 2 aromatic carbocycles. The second kappa shape index (κ2) is 7.38. The summed E-state index contributed by atoms with van der Waals surface area (Å²) >= 11 is 0. The number of benzene rings is 2. The molecule has 2 heterocycles. The maximum Gasteiger partial charge on any atom is 0.254 e. The number of morpholine rings is 1. The highest BCUT2D eigenvalue weighted by Crippen LogP contribution is 2.22. The van der Waals surface area contributed by atoms with Crippen molar-refractivity contribution in [3.05, 3.63) is 70.8 Å². The maximum absolute atomic E-state index is 12.7. The smallest absolute Gasteiger partial charge is 0.254 e. The first kappa shape index (κ1) is 16.3. The van der Waals surface area contributed by atoms with Crippen LogP contribution in [0.5, 0.6) is 0 Å². The van der Waals surface area contributed by atoms with Gasteiger partial charge in [-0.1, -0.05) is 36.4 Å². The van der Waals surface area contributed by atoms with Crippen molar-refractivity contribution in [1.29, 1.82) is 0 Å². The Hall–Kier alpha value is -2.17. The van der Waals surface area contributed by atoms with E-state index in [0.717, 1.165) is 31.6 Å². The van der Waals surface area contributed by atoms with Crippen LogP contribution in [-0.4, -0.2) is 48.6 Å². The van der Waals surface area contributed by atoms with Crippen molar-refractivity contribution in [2.75, 3.05) is 32.8 Å². The van der Waals surface area contributed by atoms with E-state index in [1.165, 1.54) is 16.7 Å². The number of hydrogen-bond acceptors (Lipinski definition) is 3. The van der Waals surface area contributed by atoms with Gasteiger partial charge in [-0.05, 0) is 35.2 Å². The highest BCUT2D eigenvalue weighted by atomic mass is 16.5. The largest absolute Gasteiger partial charge is 0.378 e. The van der Waals surface area contributed by atoms with Gasteiger partial charge in [0.1, 0.15) is 0 Å². The van der Waals surface area contributed by atoms with E-state index in [4.69, 9.17) is 4.74 Å².